The molecule has 0 saturated heterocycles. The van der Waals surface area contributed by atoms with E-state index in [2.05, 4.69) is 74.5 Å². The minimum absolute atomic E-state index is 0.00306. The van der Waals surface area contributed by atoms with E-state index < -0.39 is 0 Å². The van der Waals surface area contributed by atoms with E-state index in [4.69, 9.17) is 14.2 Å². The molecule has 0 spiro atoms. The Morgan fingerprint density at radius 1 is 0.634 bits per heavy atom. The van der Waals surface area contributed by atoms with Gasteiger partial charge >= 0.3 is 5.97 Å². The van der Waals surface area contributed by atoms with Gasteiger partial charge in [-0.3, -0.25) is 4.79 Å². The predicted molar refractivity (Wildman–Crippen MR) is 168 cm³/mol. The van der Waals surface area contributed by atoms with Gasteiger partial charge in [0.05, 0.1) is 25.7 Å². The maximum Gasteiger partial charge on any atom is 0.308 e. The first-order chi connectivity index (χ1) is 20.1. The molecule has 4 rings (SSSR count). The van der Waals surface area contributed by atoms with Crippen LogP contribution in [0.5, 0.6) is 11.5 Å². The fraction of sp³-hybridized carbons (Fsp3) is 0.486. The molecule has 0 amide bonds. The summed E-state index contributed by atoms with van der Waals surface area (Å²) in [7, 11) is 0. The minimum Gasteiger partial charge on any atom is -0.494 e. The first-order valence-electron chi connectivity index (χ1n) is 15.8. The zero-order valence-electron chi connectivity index (χ0n) is 25.1. The van der Waals surface area contributed by atoms with Gasteiger partial charge in [0.2, 0.25) is 0 Å². The van der Waals surface area contributed by atoms with Gasteiger partial charge in [-0.15, -0.1) is 0 Å². The Kier molecular flexibility index (Phi) is 12.6. The molecule has 0 unspecified atom stereocenters. The number of carbonyl (C=O) groups excluding carboxylic acids is 1. The molecule has 0 aromatic heterocycles. The van der Waals surface area contributed by atoms with Gasteiger partial charge in [0, 0.05) is 0 Å². The number of hydrogen-bond acceptors (Lipinski definition) is 4. The zero-order valence-corrected chi connectivity index (χ0v) is 25.1. The molecule has 3 aromatic carbocycles. The third-order valence-corrected chi connectivity index (χ3v) is 8.22. The second kappa shape index (κ2) is 16.9. The Hall–Kier alpha value is -3.27. The highest BCUT2D eigenvalue weighted by Gasteiger charge is 2.28. The Bertz CT molecular complexity index is 1140. The molecule has 3 aromatic rings. The Morgan fingerprint density at radius 2 is 1.15 bits per heavy atom. The summed E-state index contributed by atoms with van der Waals surface area (Å²) < 4.78 is 17.4. The first kappa shape index (κ1) is 30.7. The van der Waals surface area contributed by atoms with Crippen molar-refractivity contribution in [3.63, 3.8) is 0 Å². The summed E-state index contributed by atoms with van der Waals surface area (Å²) in [6.45, 7) is 6.34. The van der Waals surface area contributed by atoms with Crippen LogP contribution in [0.1, 0.15) is 94.6 Å². The number of benzene rings is 3. The molecule has 0 radical (unpaired) electrons. The molecular weight excluding hydrogens is 508 g/mol. The lowest BCUT2D eigenvalue weighted by atomic mass is 9.79. The van der Waals surface area contributed by atoms with E-state index in [1.54, 1.807) is 0 Å². The van der Waals surface area contributed by atoms with Crippen LogP contribution in [0.25, 0.3) is 11.1 Å². The van der Waals surface area contributed by atoms with Crippen LogP contribution in [0.4, 0.5) is 0 Å². The molecular formula is C37H48O4. The van der Waals surface area contributed by atoms with E-state index in [1.807, 2.05) is 12.1 Å². The van der Waals surface area contributed by atoms with Crippen molar-refractivity contribution in [3.05, 3.63) is 83.9 Å². The predicted octanol–water partition coefficient (Wildman–Crippen LogP) is 9.69. The summed E-state index contributed by atoms with van der Waals surface area (Å²) >= 11 is 0. The van der Waals surface area contributed by atoms with Crippen LogP contribution in [0.15, 0.2) is 72.8 Å². The molecule has 1 fully saturated rings. The highest BCUT2D eigenvalue weighted by Crippen LogP contribution is 2.37. The van der Waals surface area contributed by atoms with Gasteiger partial charge in [-0.05, 0) is 112 Å². The lowest BCUT2D eigenvalue weighted by Gasteiger charge is -2.27. The highest BCUT2D eigenvalue weighted by atomic mass is 16.5. The van der Waals surface area contributed by atoms with Crippen LogP contribution in [0.3, 0.4) is 0 Å². The molecule has 0 N–H and O–H groups in total. The third-order valence-electron chi connectivity index (χ3n) is 8.22. The summed E-state index contributed by atoms with van der Waals surface area (Å²) in [6.07, 6.45) is 11.5. The molecule has 4 heteroatoms. The van der Waals surface area contributed by atoms with E-state index in [9.17, 15) is 4.79 Å². The largest absolute Gasteiger partial charge is 0.494 e. The van der Waals surface area contributed by atoms with Crippen LogP contribution in [-0.2, 0) is 9.53 Å². The normalized spacial score (nSPS) is 16.7. The number of ether oxygens (including phenoxy) is 3. The van der Waals surface area contributed by atoms with Crippen molar-refractivity contribution in [2.45, 2.75) is 90.4 Å². The molecule has 220 valence electrons. The van der Waals surface area contributed by atoms with E-state index in [-0.39, 0.29) is 11.9 Å². The van der Waals surface area contributed by atoms with Crippen LogP contribution in [0.2, 0.25) is 0 Å². The average molecular weight is 557 g/mol. The van der Waals surface area contributed by atoms with E-state index in [0.717, 1.165) is 75.9 Å². The highest BCUT2D eigenvalue weighted by molar-refractivity contribution is 5.72. The molecule has 0 atom stereocenters. The van der Waals surface area contributed by atoms with Crippen molar-refractivity contribution >= 4 is 5.97 Å². The minimum atomic E-state index is -0.00306. The van der Waals surface area contributed by atoms with Gasteiger partial charge < -0.3 is 14.2 Å². The summed E-state index contributed by atoms with van der Waals surface area (Å²) in [6, 6.07) is 25.5. The number of hydrogen-bond donors (Lipinski definition) is 0. The second-order valence-electron chi connectivity index (χ2n) is 11.5. The fourth-order valence-electron chi connectivity index (χ4n) is 5.57. The number of unbranched alkanes of at least 4 members (excludes halogenated alkanes) is 5. The molecule has 1 aliphatic carbocycles. The van der Waals surface area contributed by atoms with Gasteiger partial charge in [-0.1, -0.05) is 73.9 Å². The Labute approximate surface area is 247 Å². The topological polar surface area (TPSA) is 44.8 Å². The SMILES string of the molecule is CCCCCOc1ccc(C2CCC(C(=O)OCCCCCCOc3ccc(-c4ccc(C)cc4)cc3)CC2)cc1. The molecule has 1 saturated carbocycles. The van der Waals surface area contributed by atoms with Gasteiger partial charge in [0.15, 0.2) is 0 Å². The van der Waals surface area contributed by atoms with E-state index >= 15 is 0 Å². The number of esters is 1. The lowest BCUT2D eigenvalue weighted by molar-refractivity contribution is -0.149. The van der Waals surface area contributed by atoms with Crippen LogP contribution >= 0.6 is 0 Å². The Balaban J connectivity index is 1.02. The summed E-state index contributed by atoms with van der Waals surface area (Å²) in [5.41, 5.74) is 5.06. The molecule has 0 heterocycles. The van der Waals surface area contributed by atoms with Crippen LogP contribution < -0.4 is 9.47 Å². The maximum atomic E-state index is 12.6. The number of carbonyl (C=O) groups is 1. The van der Waals surface area contributed by atoms with Crippen molar-refractivity contribution in [2.75, 3.05) is 19.8 Å². The first-order valence-corrected chi connectivity index (χ1v) is 15.8. The second-order valence-corrected chi connectivity index (χ2v) is 11.5. The molecule has 0 bridgehead atoms. The average Bonchev–Trinajstić information content (AvgIpc) is 3.01. The standard InChI is InChI=1S/C37H48O4/c1-3-4-7-26-39-35-24-20-33(21-25-35)31-14-16-34(17-15-31)37(38)41-28-9-6-5-8-27-40-36-22-18-32(19-23-36)30-12-10-29(2)11-13-30/h10-13,18-25,31,34H,3-9,14-17,26-28H2,1-2H3. The van der Waals surface area contributed by atoms with Crippen molar-refractivity contribution in [3.8, 4) is 22.6 Å². The number of rotatable bonds is 16. The van der Waals surface area contributed by atoms with Gasteiger partial charge in [0.1, 0.15) is 11.5 Å². The monoisotopic (exact) mass is 556 g/mol. The summed E-state index contributed by atoms with van der Waals surface area (Å²) in [4.78, 5) is 12.6. The Morgan fingerprint density at radius 3 is 1.73 bits per heavy atom. The van der Waals surface area contributed by atoms with Crippen LogP contribution in [0, 0.1) is 12.8 Å². The number of aryl methyl sites for hydroxylation is 1. The van der Waals surface area contributed by atoms with Gasteiger partial charge in [0.25, 0.3) is 0 Å². The maximum absolute atomic E-state index is 12.6. The third kappa shape index (κ3) is 10.3. The molecule has 41 heavy (non-hydrogen) atoms. The van der Waals surface area contributed by atoms with E-state index in [0.29, 0.717) is 19.1 Å². The zero-order chi connectivity index (χ0) is 28.7. The van der Waals surface area contributed by atoms with Crippen molar-refractivity contribution in [1.82, 2.24) is 0 Å². The molecule has 0 aliphatic heterocycles. The van der Waals surface area contributed by atoms with E-state index in [1.165, 1.54) is 35.1 Å². The molecule has 1 aliphatic rings. The fourth-order valence-corrected chi connectivity index (χ4v) is 5.57. The smallest absolute Gasteiger partial charge is 0.308 e. The van der Waals surface area contributed by atoms with Crippen molar-refractivity contribution in [1.29, 1.82) is 0 Å². The van der Waals surface area contributed by atoms with Crippen molar-refractivity contribution in [2.24, 2.45) is 5.92 Å². The van der Waals surface area contributed by atoms with Gasteiger partial charge in [-0.2, -0.15) is 0 Å². The molecule has 4 nitrogen and oxygen atoms in total. The quantitative estimate of drug-likeness (QED) is 0.130. The lowest BCUT2D eigenvalue weighted by Crippen LogP contribution is -2.23. The van der Waals surface area contributed by atoms with Gasteiger partial charge in [-0.25, -0.2) is 0 Å². The summed E-state index contributed by atoms with van der Waals surface area (Å²) in [5.74, 6) is 2.45. The summed E-state index contributed by atoms with van der Waals surface area (Å²) in [5, 5.41) is 0. The van der Waals surface area contributed by atoms with Crippen molar-refractivity contribution < 1.29 is 19.0 Å². The van der Waals surface area contributed by atoms with Crippen LogP contribution in [-0.4, -0.2) is 25.8 Å².